The quantitative estimate of drug-likeness (QED) is 0.605. The van der Waals surface area contributed by atoms with Gasteiger partial charge in [-0.2, -0.15) is 0 Å². The van der Waals surface area contributed by atoms with Crippen LogP contribution in [0, 0.1) is 11.3 Å². The number of anilines is 1. The average molecular weight is 232 g/mol. The molecule has 0 bridgehead atoms. The lowest BCUT2D eigenvalue weighted by atomic mass is 9.92. The molecular formula is C13H20N4. The van der Waals surface area contributed by atoms with E-state index in [1.165, 1.54) is 12.8 Å². The Bertz CT molecular complexity index is 398. The molecule has 1 aliphatic rings. The van der Waals surface area contributed by atoms with Gasteiger partial charge in [-0.1, -0.05) is 6.92 Å². The highest BCUT2D eigenvalue weighted by molar-refractivity contribution is 5.93. The maximum atomic E-state index is 7.32. The number of piperidine rings is 1. The number of nitrogens with one attached hydrogen (secondary N) is 1. The van der Waals surface area contributed by atoms with Crippen LogP contribution < -0.4 is 10.6 Å². The third-order valence-corrected chi connectivity index (χ3v) is 3.73. The van der Waals surface area contributed by atoms with Gasteiger partial charge < -0.3 is 10.6 Å². The molecule has 2 heterocycles. The lowest BCUT2D eigenvalue weighted by molar-refractivity contribution is 0.363. The molecule has 4 heteroatoms. The molecule has 1 aromatic rings. The van der Waals surface area contributed by atoms with Crippen LogP contribution in [0.5, 0.6) is 0 Å². The Morgan fingerprint density at radius 2 is 2.24 bits per heavy atom. The van der Waals surface area contributed by atoms with E-state index in [1.807, 2.05) is 18.3 Å². The molecule has 0 aliphatic carbocycles. The van der Waals surface area contributed by atoms with Gasteiger partial charge in [-0.3, -0.25) is 10.4 Å². The minimum atomic E-state index is 0.0246. The molecule has 17 heavy (non-hydrogen) atoms. The van der Waals surface area contributed by atoms with Crippen molar-refractivity contribution in [2.45, 2.75) is 32.7 Å². The number of nitrogens with zero attached hydrogens (tertiary/aromatic N) is 2. The van der Waals surface area contributed by atoms with E-state index in [9.17, 15) is 0 Å². The number of rotatable bonds is 2. The van der Waals surface area contributed by atoms with Crippen molar-refractivity contribution in [3.05, 3.63) is 24.0 Å². The molecule has 3 N–H and O–H groups in total. The number of pyridine rings is 1. The number of nitrogens with two attached hydrogens (primary N) is 1. The molecule has 0 aromatic carbocycles. The molecule has 2 atom stereocenters. The highest BCUT2D eigenvalue weighted by Crippen LogP contribution is 2.27. The lowest BCUT2D eigenvalue weighted by Crippen LogP contribution is -2.42. The van der Waals surface area contributed by atoms with Crippen LogP contribution in [0.1, 0.15) is 32.4 Å². The van der Waals surface area contributed by atoms with Gasteiger partial charge in [-0.05, 0) is 37.8 Å². The van der Waals surface area contributed by atoms with Gasteiger partial charge >= 0.3 is 0 Å². The topological polar surface area (TPSA) is 66.0 Å². The summed E-state index contributed by atoms with van der Waals surface area (Å²) in [5.74, 6) is 0.743. The molecule has 0 saturated carbocycles. The van der Waals surface area contributed by atoms with Crippen molar-refractivity contribution in [3.8, 4) is 0 Å². The van der Waals surface area contributed by atoms with Gasteiger partial charge in [0.05, 0.1) is 11.9 Å². The standard InChI is InChI=1S/C13H20N4/c1-9-4-3-7-17(10(9)2)11-5-6-12(13(14)15)16-8-11/h5-6,8-10H,3-4,7H2,1-2H3,(H3,14,15). The number of hydrogen-bond donors (Lipinski definition) is 2. The van der Waals surface area contributed by atoms with Gasteiger partial charge in [0.1, 0.15) is 11.5 Å². The van der Waals surface area contributed by atoms with Crippen LogP contribution in [0.2, 0.25) is 0 Å². The fraction of sp³-hybridized carbons (Fsp3) is 0.538. The Morgan fingerprint density at radius 1 is 1.47 bits per heavy atom. The summed E-state index contributed by atoms with van der Waals surface area (Å²) in [6.07, 6.45) is 4.36. The van der Waals surface area contributed by atoms with E-state index in [-0.39, 0.29) is 5.84 Å². The summed E-state index contributed by atoms with van der Waals surface area (Å²) in [6.45, 7) is 5.66. The van der Waals surface area contributed by atoms with Crippen LogP contribution in [0.25, 0.3) is 0 Å². The normalized spacial score (nSPS) is 24.7. The van der Waals surface area contributed by atoms with Crippen molar-refractivity contribution in [2.24, 2.45) is 11.7 Å². The first kappa shape index (κ1) is 11.9. The molecule has 1 aromatic heterocycles. The second-order valence-electron chi connectivity index (χ2n) is 4.87. The highest BCUT2D eigenvalue weighted by atomic mass is 15.2. The molecule has 1 fully saturated rings. The second-order valence-corrected chi connectivity index (χ2v) is 4.87. The van der Waals surface area contributed by atoms with E-state index in [1.54, 1.807) is 0 Å². The van der Waals surface area contributed by atoms with Gasteiger partial charge in [0, 0.05) is 12.6 Å². The smallest absolute Gasteiger partial charge is 0.141 e. The lowest BCUT2D eigenvalue weighted by Gasteiger charge is -2.39. The molecule has 0 spiro atoms. The third kappa shape index (κ3) is 2.40. The molecule has 4 nitrogen and oxygen atoms in total. The van der Waals surface area contributed by atoms with Crippen molar-refractivity contribution in [3.63, 3.8) is 0 Å². The molecule has 2 rings (SSSR count). The van der Waals surface area contributed by atoms with E-state index in [0.717, 1.165) is 18.2 Å². The van der Waals surface area contributed by atoms with E-state index in [0.29, 0.717) is 11.7 Å². The first-order chi connectivity index (χ1) is 8.09. The Balaban J connectivity index is 2.19. The van der Waals surface area contributed by atoms with Crippen molar-refractivity contribution in [1.29, 1.82) is 5.41 Å². The van der Waals surface area contributed by atoms with Crippen LogP contribution in [0.15, 0.2) is 18.3 Å². The number of nitrogen functional groups attached to an aromatic ring is 1. The van der Waals surface area contributed by atoms with Crippen molar-refractivity contribution in [1.82, 2.24) is 4.98 Å². The zero-order chi connectivity index (χ0) is 12.4. The zero-order valence-corrected chi connectivity index (χ0v) is 10.5. The first-order valence-corrected chi connectivity index (χ1v) is 6.16. The molecule has 2 unspecified atom stereocenters. The van der Waals surface area contributed by atoms with Gasteiger partial charge in [0.2, 0.25) is 0 Å². The fourth-order valence-electron chi connectivity index (χ4n) is 2.42. The SMILES string of the molecule is CC1CCCN(c2ccc(C(=N)N)nc2)C1C. The third-order valence-electron chi connectivity index (χ3n) is 3.73. The van der Waals surface area contributed by atoms with Crippen LogP contribution in [0.3, 0.4) is 0 Å². The predicted molar refractivity (Wildman–Crippen MR) is 70.5 cm³/mol. The summed E-state index contributed by atoms with van der Waals surface area (Å²) in [4.78, 5) is 6.62. The minimum absolute atomic E-state index is 0.0246. The number of aromatic nitrogens is 1. The predicted octanol–water partition coefficient (Wildman–Crippen LogP) is 1.99. The summed E-state index contributed by atoms with van der Waals surface area (Å²) in [5.41, 5.74) is 7.08. The van der Waals surface area contributed by atoms with Gasteiger partial charge in [-0.15, -0.1) is 0 Å². The van der Waals surface area contributed by atoms with Crippen molar-refractivity contribution in [2.75, 3.05) is 11.4 Å². The zero-order valence-electron chi connectivity index (χ0n) is 10.5. The van der Waals surface area contributed by atoms with Gasteiger partial charge in [-0.25, -0.2) is 0 Å². The van der Waals surface area contributed by atoms with E-state index < -0.39 is 0 Å². The van der Waals surface area contributed by atoms with Crippen LogP contribution in [0.4, 0.5) is 5.69 Å². The summed E-state index contributed by atoms with van der Waals surface area (Å²) in [5, 5.41) is 7.32. The molecular weight excluding hydrogens is 212 g/mol. The Kier molecular flexibility index (Phi) is 3.31. The summed E-state index contributed by atoms with van der Waals surface area (Å²) in [6, 6.07) is 4.38. The first-order valence-electron chi connectivity index (χ1n) is 6.16. The van der Waals surface area contributed by atoms with Gasteiger partial charge in [0.25, 0.3) is 0 Å². The Hall–Kier alpha value is -1.58. The molecule has 1 aliphatic heterocycles. The van der Waals surface area contributed by atoms with Gasteiger partial charge in [0.15, 0.2) is 0 Å². The summed E-state index contributed by atoms with van der Waals surface area (Å²) in [7, 11) is 0. The number of hydrogen-bond acceptors (Lipinski definition) is 3. The van der Waals surface area contributed by atoms with Crippen molar-refractivity contribution >= 4 is 11.5 Å². The fourth-order valence-corrected chi connectivity index (χ4v) is 2.42. The Morgan fingerprint density at radius 3 is 2.82 bits per heavy atom. The van der Waals surface area contributed by atoms with Crippen molar-refractivity contribution < 1.29 is 0 Å². The molecule has 0 amide bonds. The van der Waals surface area contributed by atoms with E-state index >= 15 is 0 Å². The summed E-state index contributed by atoms with van der Waals surface area (Å²) < 4.78 is 0. The largest absolute Gasteiger partial charge is 0.382 e. The summed E-state index contributed by atoms with van der Waals surface area (Å²) >= 11 is 0. The molecule has 0 radical (unpaired) electrons. The second kappa shape index (κ2) is 4.73. The van der Waals surface area contributed by atoms with Crippen LogP contribution in [-0.2, 0) is 0 Å². The van der Waals surface area contributed by atoms with Crippen LogP contribution >= 0.6 is 0 Å². The number of amidine groups is 1. The average Bonchev–Trinajstić information content (AvgIpc) is 2.33. The van der Waals surface area contributed by atoms with E-state index in [4.69, 9.17) is 11.1 Å². The maximum absolute atomic E-state index is 7.32. The maximum Gasteiger partial charge on any atom is 0.141 e. The molecule has 1 saturated heterocycles. The van der Waals surface area contributed by atoms with E-state index in [2.05, 4.69) is 23.7 Å². The Labute approximate surface area is 102 Å². The highest BCUT2D eigenvalue weighted by Gasteiger charge is 2.24. The van der Waals surface area contributed by atoms with Crippen LogP contribution in [-0.4, -0.2) is 23.4 Å². The molecule has 92 valence electrons. The monoisotopic (exact) mass is 232 g/mol. The minimum Gasteiger partial charge on any atom is -0.382 e.